The van der Waals surface area contributed by atoms with E-state index in [0.717, 1.165) is 31.5 Å². The molecule has 1 saturated heterocycles. The number of halogens is 1. The predicted molar refractivity (Wildman–Crippen MR) is 85.2 cm³/mol. The summed E-state index contributed by atoms with van der Waals surface area (Å²) in [6, 6.07) is 8.34. The van der Waals surface area contributed by atoms with Gasteiger partial charge in [0, 0.05) is 5.92 Å². The summed E-state index contributed by atoms with van der Waals surface area (Å²) in [7, 11) is 0. The van der Waals surface area contributed by atoms with Crippen molar-refractivity contribution in [3.05, 3.63) is 35.4 Å². The van der Waals surface area contributed by atoms with Crippen molar-refractivity contribution in [1.29, 1.82) is 0 Å². The van der Waals surface area contributed by atoms with Gasteiger partial charge in [0.1, 0.15) is 0 Å². The molecule has 0 radical (unpaired) electrons. The molecule has 3 nitrogen and oxygen atoms in total. The third-order valence-electron chi connectivity index (χ3n) is 3.89. The van der Waals surface area contributed by atoms with Crippen molar-refractivity contribution in [3.8, 4) is 0 Å². The molecule has 112 valence electrons. The summed E-state index contributed by atoms with van der Waals surface area (Å²) < 4.78 is 0. The van der Waals surface area contributed by atoms with Crippen molar-refractivity contribution >= 4 is 18.3 Å². The van der Waals surface area contributed by atoms with Crippen LogP contribution in [-0.4, -0.2) is 19.0 Å². The van der Waals surface area contributed by atoms with Gasteiger partial charge >= 0.3 is 0 Å². The van der Waals surface area contributed by atoms with Crippen molar-refractivity contribution < 1.29 is 4.79 Å². The number of aryl methyl sites for hydroxylation is 1. The smallest absolute Gasteiger partial charge is 0.223 e. The fourth-order valence-electron chi connectivity index (χ4n) is 2.60. The highest BCUT2D eigenvalue weighted by molar-refractivity contribution is 5.85. The van der Waals surface area contributed by atoms with Crippen LogP contribution in [0.3, 0.4) is 0 Å². The van der Waals surface area contributed by atoms with Crippen LogP contribution in [0, 0.1) is 12.8 Å². The first-order valence-electron chi connectivity index (χ1n) is 7.09. The van der Waals surface area contributed by atoms with E-state index in [-0.39, 0.29) is 29.8 Å². The SMILES string of the molecule is Cc1cccc(C(C)(C)NC(=O)C2CCNCC2)c1.Cl. The van der Waals surface area contributed by atoms with Crippen LogP contribution < -0.4 is 10.6 Å². The van der Waals surface area contributed by atoms with E-state index in [1.165, 1.54) is 5.56 Å². The fourth-order valence-corrected chi connectivity index (χ4v) is 2.60. The van der Waals surface area contributed by atoms with E-state index < -0.39 is 0 Å². The molecule has 1 aromatic carbocycles. The molecule has 0 aliphatic carbocycles. The highest BCUT2D eigenvalue weighted by atomic mass is 35.5. The number of amides is 1. The topological polar surface area (TPSA) is 41.1 Å². The zero-order valence-electron chi connectivity index (χ0n) is 12.5. The quantitative estimate of drug-likeness (QED) is 0.900. The summed E-state index contributed by atoms with van der Waals surface area (Å²) in [5.74, 6) is 0.346. The number of carbonyl (C=O) groups excluding carboxylic acids is 1. The standard InChI is InChI=1S/C16H24N2O.ClH/c1-12-5-4-6-14(11-12)16(2,3)18-15(19)13-7-9-17-10-8-13;/h4-6,11,13,17H,7-10H2,1-3H3,(H,18,19);1H. The molecule has 0 spiro atoms. The third kappa shape index (κ3) is 4.22. The van der Waals surface area contributed by atoms with Crippen molar-refractivity contribution in [2.75, 3.05) is 13.1 Å². The van der Waals surface area contributed by atoms with E-state index in [2.05, 4.69) is 49.6 Å². The lowest BCUT2D eigenvalue weighted by molar-refractivity contribution is -0.127. The van der Waals surface area contributed by atoms with Crippen LogP contribution in [0.25, 0.3) is 0 Å². The lowest BCUT2D eigenvalue weighted by Gasteiger charge is -2.31. The molecule has 1 aliphatic heterocycles. The minimum atomic E-state index is -0.312. The summed E-state index contributed by atoms with van der Waals surface area (Å²) in [5, 5.41) is 6.49. The summed E-state index contributed by atoms with van der Waals surface area (Å²) in [5.41, 5.74) is 2.07. The molecule has 0 atom stereocenters. The molecule has 0 saturated carbocycles. The van der Waals surface area contributed by atoms with Gasteiger partial charge in [-0.3, -0.25) is 4.79 Å². The molecule has 1 aromatic rings. The first kappa shape index (κ1) is 17.0. The Labute approximate surface area is 127 Å². The largest absolute Gasteiger partial charge is 0.347 e. The highest BCUT2D eigenvalue weighted by Crippen LogP contribution is 2.22. The Kier molecular flexibility index (Phi) is 6.03. The average Bonchev–Trinajstić information content (AvgIpc) is 2.39. The Balaban J connectivity index is 0.00000200. The monoisotopic (exact) mass is 296 g/mol. The minimum Gasteiger partial charge on any atom is -0.347 e. The molecule has 1 fully saturated rings. The number of hydrogen-bond donors (Lipinski definition) is 2. The van der Waals surface area contributed by atoms with E-state index in [1.54, 1.807) is 0 Å². The molecule has 1 aliphatic rings. The Hall–Kier alpha value is -1.06. The molecule has 0 bridgehead atoms. The molecule has 1 amide bonds. The zero-order valence-corrected chi connectivity index (χ0v) is 13.3. The van der Waals surface area contributed by atoms with Gasteiger partial charge in [-0.05, 0) is 52.3 Å². The van der Waals surface area contributed by atoms with E-state index in [1.807, 2.05) is 6.07 Å². The van der Waals surface area contributed by atoms with Gasteiger partial charge in [-0.1, -0.05) is 29.8 Å². The Bertz CT molecular complexity index is 454. The first-order chi connectivity index (χ1) is 8.99. The van der Waals surface area contributed by atoms with E-state index in [4.69, 9.17) is 0 Å². The van der Waals surface area contributed by atoms with Gasteiger partial charge in [0.2, 0.25) is 5.91 Å². The molecule has 0 unspecified atom stereocenters. The van der Waals surface area contributed by atoms with Crippen molar-refractivity contribution in [1.82, 2.24) is 10.6 Å². The second-order valence-electron chi connectivity index (χ2n) is 6.01. The summed E-state index contributed by atoms with van der Waals surface area (Å²) in [4.78, 5) is 12.3. The van der Waals surface area contributed by atoms with Crippen LogP contribution >= 0.6 is 12.4 Å². The Morgan fingerprint density at radius 1 is 1.30 bits per heavy atom. The summed E-state index contributed by atoms with van der Waals surface area (Å²) in [6.07, 6.45) is 1.88. The van der Waals surface area contributed by atoms with Gasteiger partial charge < -0.3 is 10.6 Å². The molecular formula is C16H25ClN2O. The maximum atomic E-state index is 12.3. The number of carbonyl (C=O) groups is 1. The molecular weight excluding hydrogens is 272 g/mol. The minimum absolute atomic E-state index is 0. The number of hydrogen-bond acceptors (Lipinski definition) is 2. The zero-order chi connectivity index (χ0) is 13.9. The van der Waals surface area contributed by atoms with Crippen LogP contribution in [0.5, 0.6) is 0 Å². The van der Waals surface area contributed by atoms with Crippen LogP contribution in [0.4, 0.5) is 0 Å². The summed E-state index contributed by atoms with van der Waals surface area (Å²) >= 11 is 0. The van der Waals surface area contributed by atoms with Gasteiger partial charge in [-0.15, -0.1) is 12.4 Å². The molecule has 0 aromatic heterocycles. The van der Waals surface area contributed by atoms with Gasteiger partial charge in [0.05, 0.1) is 5.54 Å². The number of benzene rings is 1. The van der Waals surface area contributed by atoms with Crippen LogP contribution in [0.15, 0.2) is 24.3 Å². The van der Waals surface area contributed by atoms with Crippen molar-refractivity contribution in [2.45, 2.75) is 39.2 Å². The molecule has 20 heavy (non-hydrogen) atoms. The van der Waals surface area contributed by atoms with Crippen LogP contribution in [0.1, 0.15) is 37.8 Å². The van der Waals surface area contributed by atoms with Crippen molar-refractivity contribution in [2.24, 2.45) is 5.92 Å². The maximum absolute atomic E-state index is 12.3. The predicted octanol–water partition coefficient (Wildman–Crippen LogP) is 2.77. The number of nitrogens with one attached hydrogen (secondary N) is 2. The summed E-state index contributed by atoms with van der Waals surface area (Å²) in [6.45, 7) is 8.11. The second-order valence-corrected chi connectivity index (χ2v) is 6.01. The second kappa shape index (κ2) is 7.09. The average molecular weight is 297 g/mol. The first-order valence-corrected chi connectivity index (χ1v) is 7.09. The lowest BCUT2D eigenvalue weighted by atomic mass is 9.90. The number of rotatable bonds is 3. The molecule has 2 N–H and O–H groups in total. The van der Waals surface area contributed by atoms with Gasteiger partial charge in [-0.2, -0.15) is 0 Å². The molecule has 1 heterocycles. The maximum Gasteiger partial charge on any atom is 0.223 e. The number of piperidine rings is 1. The lowest BCUT2D eigenvalue weighted by Crippen LogP contribution is -2.46. The van der Waals surface area contributed by atoms with Gasteiger partial charge in [-0.25, -0.2) is 0 Å². The van der Waals surface area contributed by atoms with Gasteiger partial charge in [0.15, 0.2) is 0 Å². The van der Waals surface area contributed by atoms with E-state index in [9.17, 15) is 4.79 Å². The fraction of sp³-hybridized carbons (Fsp3) is 0.562. The third-order valence-corrected chi connectivity index (χ3v) is 3.89. The molecule has 4 heteroatoms. The van der Waals surface area contributed by atoms with Crippen molar-refractivity contribution in [3.63, 3.8) is 0 Å². The van der Waals surface area contributed by atoms with Crippen LogP contribution in [-0.2, 0) is 10.3 Å². The normalized spacial score (nSPS) is 16.4. The van der Waals surface area contributed by atoms with Crippen LogP contribution in [0.2, 0.25) is 0 Å². The van der Waals surface area contributed by atoms with E-state index in [0.29, 0.717) is 0 Å². The highest BCUT2D eigenvalue weighted by Gasteiger charge is 2.28. The Morgan fingerprint density at radius 3 is 2.55 bits per heavy atom. The van der Waals surface area contributed by atoms with E-state index >= 15 is 0 Å². The molecule has 2 rings (SSSR count). The Morgan fingerprint density at radius 2 is 1.95 bits per heavy atom. The van der Waals surface area contributed by atoms with Gasteiger partial charge in [0.25, 0.3) is 0 Å².